The summed E-state index contributed by atoms with van der Waals surface area (Å²) in [5.74, 6) is 0.522. The van der Waals surface area contributed by atoms with Crippen LogP contribution in [0.5, 0.6) is 5.75 Å². The number of rotatable bonds is 5. The van der Waals surface area contributed by atoms with Gasteiger partial charge in [0.1, 0.15) is 5.75 Å². The second-order valence-electron chi connectivity index (χ2n) is 4.09. The molecule has 0 heterocycles. The number of carbonyl (C=O) groups is 1. The van der Waals surface area contributed by atoms with E-state index >= 15 is 0 Å². The monoisotopic (exact) mass is 254 g/mol. The van der Waals surface area contributed by atoms with Gasteiger partial charge in [0.15, 0.2) is 6.61 Å². The fourth-order valence-corrected chi connectivity index (χ4v) is 1.68. The number of carbonyl (C=O) groups excluding carboxylic acids is 1. The van der Waals surface area contributed by atoms with Crippen molar-refractivity contribution < 1.29 is 9.53 Å². The molecule has 1 aromatic rings. The van der Waals surface area contributed by atoms with Crippen molar-refractivity contribution in [2.75, 3.05) is 6.61 Å². The van der Waals surface area contributed by atoms with Gasteiger partial charge in [-0.1, -0.05) is 11.6 Å². The van der Waals surface area contributed by atoms with Crippen LogP contribution in [0.1, 0.15) is 18.4 Å². The van der Waals surface area contributed by atoms with E-state index in [1.54, 1.807) is 18.2 Å². The summed E-state index contributed by atoms with van der Waals surface area (Å²) in [6.07, 6.45) is 2.14. The molecule has 0 saturated heterocycles. The van der Waals surface area contributed by atoms with Crippen LogP contribution >= 0.6 is 11.6 Å². The second kappa shape index (κ2) is 5.38. The average Bonchev–Trinajstić information content (AvgIpc) is 3.11. The van der Waals surface area contributed by atoms with E-state index in [1.165, 1.54) is 0 Å². The highest BCUT2D eigenvalue weighted by atomic mass is 35.5. The minimum absolute atomic E-state index is 0.0190. The van der Waals surface area contributed by atoms with Crippen LogP contribution < -0.4 is 15.8 Å². The van der Waals surface area contributed by atoms with Crippen molar-refractivity contribution in [2.24, 2.45) is 5.73 Å². The Kier molecular flexibility index (Phi) is 3.86. The molecular weight excluding hydrogens is 240 g/mol. The third-order valence-electron chi connectivity index (χ3n) is 2.54. The third-order valence-corrected chi connectivity index (χ3v) is 2.78. The topological polar surface area (TPSA) is 64.3 Å². The summed E-state index contributed by atoms with van der Waals surface area (Å²) in [7, 11) is 0. The Bertz CT molecular complexity index is 419. The molecule has 1 saturated carbocycles. The van der Waals surface area contributed by atoms with Crippen LogP contribution in [0.25, 0.3) is 0 Å². The minimum Gasteiger partial charge on any atom is -0.483 e. The first-order valence-corrected chi connectivity index (χ1v) is 5.97. The number of benzene rings is 1. The molecule has 1 fully saturated rings. The first kappa shape index (κ1) is 12.2. The molecule has 5 heteroatoms. The number of nitrogens with one attached hydrogen (secondary N) is 1. The molecule has 1 aromatic carbocycles. The molecule has 1 amide bonds. The molecule has 0 aromatic heterocycles. The molecule has 0 aliphatic heterocycles. The standard InChI is InChI=1S/C12H15ClN2O2/c13-9-1-4-11(8(5-9)6-14)17-7-12(16)15-10-2-3-10/h1,4-5,10H,2-3,6-7,14H2,(H,15,16). The Morgan fingerprint density at radius 2 is 2.29 bits per heavy atom. The number of ether oxygens (including phenoxy) is 1. The summed E-state index contributed by atoms with van der Waals surface area (Å²) >= 11 is 5.85. The highest BCUT2D eigenvalue weighted by Crippen LogP contribution is 2.22. The van der Waals surface area contributed by atoms with Crippen LogP contribution in [0.4, 0.5) is 0 Å². The predicted octanol–water partition coefficient (Wildman–Crippen LogP) is 1.46. The largest absolute Gasteiger partial charge is 0.483 e. The molecule has 2 rings (SSSR count). The summed E-state index contributed by atoms with van der Waals surface area (Å²) in [6, 6.07) is 5.55. The lowest BCUT2D eigenvalue weighted by atomic mass is 10.2. The lowest BCUT2D eigenvalue weighted by Gasteiger charge is -2.10. The van der Waals surface area contributed by atoms with Gasteiger partial charge in [-0.05, 0) is 31.0 Å². The summed E-state index contributed by atoms with van der Waals surface area (Å²) in [5.41, 5.74) is 6.38. The van der Waals surface area contributed by atoms with Crippen molar-refractivity contribution in [2.45, 2.75) is 25.4 Å². The highest BCUT2D eigenvalue weighted by molar-refractivity contribution is 6.30. The maximum Gasteiger partial charge on any atom is 0.258 e. The van der Waals surface area contributed by atoms with E-state index in [9.17, 15) is 4.79 Å². The second-order valence-corrected chi connectivity index (χ2v) is 4.52. The van der Waals surface area contributed by atoms with Gasteiger partial charge >= 0.3 is 0 Å². The average molecular weight is 255 g/mol. The van der Waals surface area contributed by atoms with Gasteiger partial charge in [-0.25, -0.2) is 0 Å². The quantitative estimate of drug-likeness (QED) is 0.836. The van der Waals surface area contributed by atoms with Crippen molar-refractivity contribution in [3.8, 4) is 5.75 Å². The summed E-state index contributed by atoms with van der Waals surface area (Å²) in [4.78, 5) is 11.4. The molecule has 17 heavy (non-hydrogen) atoms. The van der Waals surface area contributed by atoms with E-state index < -0.39 is 0 Å². The fourth-order valence-electron chi connectivity index (χ4n) is 1.49. The fraction of sp³-hybridized carbons (Fsp3) is 0.417. The van der Waals surface area contributed by atoms with Crippen molar-refractivity contribution >= 4 is 17.5 Å². The molecule has 0 radical (unpaired) electrons. The molecule has 92 valence electrons. The van der Waals surface area contributed by atoms with E-state index in [-0.39, 0.29) is 12.5 Å². The maximum absolute atomic E-state index is 11.4. The van der Waals surface area contributed by atoms with E-state index in [2.05, 4.69) is 5.32 Å². The Morgan fingerprint density at radius 1 is 1.53 bits per heavy atom. The Morgan fingerprint density at radius 3 is 2.94 bits per heavy atom. The number of hydrogen-bond acceptors (Lipinski definition) is 3. The van der Waals surface area contributed by atoms with Crippen LogP contribution in [0.2, 0.25) is 5.02 Å². The summed E-state index contributed by atoms with van der Waals surface area (Å²) in [6.45, 7) is 0.352. The molecule has 0 unspecified atom stereocenters. The lowest BCUT2D eigenvalue weighted by molar-refractivity contribution is -0.123. The third kappa shape index (κ3) is 3.61. The van der Waals surface area contributed by atoms with E-state index in [0.717, 1.165) is 18.4 Å². The van der Waals surface area contributed by atoms with E-state index in [4.69, 9.17) is 22.1 Å². The first-order valence-electron chi connectivity index (χ1n) is 5.59. The van der Waals surface area contributed by atoms with Crippen LogP contribution in [-0.4, -0.2) is 18.6 Å². The van der Waals surface area contributed by atoms with Gasteiger partial charge in [0.05, 0.1) is 0 Å². The molecule has 0 spiro atoms. The van der Waals surface area contributed by atoms with Gasteiger partial charge in [0.25, 0.3) is 5.91 Å². The molecular formula is C12H15ClN2O2. The maximum atomic E-state index is 11.4. The Balaban J connectivity index is 1.90. The van der Waals surface area contributed by atoms with Gasteiger partial charge < -0.3 is 15.8 Å². The van der Waals surface area contributed by atoms with Gasteiger partial charge in [-0.15, -0.1) is 0 Å². The zero-order chi connectivity index (χ0) is 12.3. The first-order chi connectivity index (χ1) is 8.19. The van der Waals surface area contributed by atoms with Gasteiger partial charge in [0, 0.05) is 23.2 Å². The van der Waals surface area contributed by atoms with Gasteiger partial charge in [-0.2, -0.15) is 0 Å². The van der Waals surface area contributed by atoms with Crippen molar-refractivity contribution in [3.63, 3.8) is 0 Å². The molecule has 4 nitrogen and oxygen atoms in total. The van der Waals surface area contributed by atoms with Crippen LogP contribution in [0.3, 0.4) is 0 Å². The highest BCUT2D eigenvalue weighted by Gasteiger charge is 2.23. The number of amides is 1. The molecule has 1 aliphatic rings. The molecule has 0 atom stereocenters. The number of hydrogen-bond donors (Lipinski definition) is 2. The normalized spacial score (nSPS) is 14.5. The van der Waals surface area contributed by atoms with Crippen LogP contribution in [0.15, 0.2) is 18.2 Å². The van der Waals surface area contributed by atoms with E-state index in [1.807, 2.05) is 0 Å². The van der Waals surface area contributed by atoms with Crippen LogP contribution in [0, 0.1) is 0 Å². The van der Waals surface area contributed by atoms with Gasteiger partial charge in [0.2, 0.25) is 0 Å². The lowest BCUT2D eigenvalue weighted by Crippen LogP contribution is -2.30. The SMILES string of the molecule is NCc1cc(Cl)ccc1OCC(=O)NC1CC1. The van der Waals surface area contributed by atoms with Crippen LogP contribution in [-0.2, 0) is 11.3 Å². The number of nitrogens with two attached hydrogens (primary N) is 1. The van der Waals surface area contributed by atoms with E-state index in [0.29, 0.717) is 23.4 Å². The van der Waals surface area contributed by atoms with Gasteiger partial charge in [-0.3, -0.25) is 4.79 Å². The molecule has 0 bridgehead atoms. The minimum atomic E-state index is -0.0922. The Hall–Kier alpha value is -1.26. The summed E-state index contributed by atoms with van der Waals surface area (Å²) < 4.78 is 5.42. The van der Waals surface area contributed by atoms with Crippen molar-refractivity contribution in [1.29, 1.82) is 0 Å². The van der Waals surface area contributed by atoms with Crippen molar-refractivity contribution in [1.82, 2.24) is 5.32 Å². The van der Waals surface area contributed by atoms with Crippen molar-refractivity contribution in [3.05, 3.63) is 28.8 Å². The molecule has 3 N–H and O–H groups in total. The summed E-state index contributed by atoms with van der Waals surface area (Å²) in [5, 5.41) is 3.46. The molecule has 1 aliphatic carbocycles. The predicted molar refractivity (Wildman–Crippen MR) is 66.0 cm³/mol. The zero-order valence-electron chi connectivity index (χ0n) is 9.41. The Labute approximate surface area is 105 Å². The zero-order valence-corrected chi connectivity index (χ0v) is 10.2. The number of halogens is 1. The smallest absolute Gasteiger partial charge is 0.258 e.